The molecule has 0 spiro atoms. The number of hydrogen-bond donors (Lipinski definition) is 0. The van der Waals surface area contributed by atoms with Gasteiger partial charge < -0.3 is 14.4 Å². The van der Waals surface area contributed by atoms with E-state index in [4.69, 9.17) is 4.74 Å². The van der Waals surface area contributed by atoms with Crippen LogP contribution in [0.3, 0.4) is 0 Å². The molecule has 0 N–H and O–H groups in total. The normalized spacial score (nSPS) is 27.2. The van der Waals surface area contributed by atoms with Gasteiger partial charge in [0.2, 0.25) is 0 Å². The van der Waals surface area contributed by atoms with Crippen molar-refractivity contribution in [1.29, 1.82) is 0 Å². The van der Waals surface area contributed by atoms with Crippen molar-refractivity contribution < 1.29 is 23.5 Å². The molecule has 5 nitrogen and oxygen atoms in total. The van der Waals surface area contributed by atoms with E-state index in [-0.39, 0.29) is 17.8 Å². The molecule has 0 aliphatic carbocycles. The van der Waals surface area contributed by atoms with E-state index < -0.39 is 18.2 Å². The molecule has 2 aliphatic rings. The Morgan fingerprint density at radius 2 is 2.04 bits per heavy atom. The van der Waals surface area contributed by atoms with Crippen molar-refractivity contribution in [3.63, 3.8) is 0 Å². The van der Waals surface area contributed by atoms with Crippen LogP contribution in [0.4, 0.5) is 4.39 Å². The fraction of sp³-hybridized carbons (Fsp3) is 0.529. The smallest absolute Gasteiger partial charge is 0.335 e. The van der Waals surface area contributed by atoms with Crippen LogP contribution in [0, 0.1) is 5.82 Å². The summed E-state index contributed by atoms with van der Waals surface area (Å²) in [6.45, 7) is 0.628. The van der Waals surface area contributed by atoms with Crippen LogP contribution >= 0.6 is 0 Å². The monoisotopic (exact) mass is 321 g/mol. The molecule has 3 unspecified atom stereocenters. The third-order valence-electron chi connectivity index (χ3n) is 4.53. The van der Waals surface area contributed by atoms with Crippen molar-refractivity contribution in [3.8, 4) is 0 Å². The number of carbonyl (C=O) groups excluding carboxylic acids is 2. The maximum absolute atomic E-state index is 13.4. The van der Waals surface area contributed by atoms with Gasteiger partial charge in [-0.25, -0.2) is 9.18 Å². The van der Waals surface area contributed by atoms with Crippen LogP contribution in [0.2, 0.25) is 0 Å². The molecule has 124 valence electrons. The largest absolute Gasteiger partial charge is 0.467 e. The molecule has 6 heteroatoms. The lowest BCUT2D eigenvalue weighted by Gasteiger charge is -2.27. The number of likely N-dealkylation sites (tertiary alicyclic amines) is 1. The average Bonchev–Trinajstić information content (AvgIpc) is 3.22. The number of amides is 1. The molecule has 23 heavy (non-hydrogen) atoms. The molecule has 2 saturated heterocycles. The molecule has 3 atom stereocenters. The van der Waals surface area contributed by atoms with Gasteiger partial charge in [0.1, 0.15) is 11.9 Å². The van der Waals surface area contributed by atoms with E-state index in [1.54, 1.807) is 11.0 Å². The van der Waals surface area contributed by atoms with Crippen molar-refractivity contribution in [2.24, 2.45) is 0 Å². The number of carbonyl (C=O) groups is 2. The van der Waals surface area contributed by atoms with Crippen LogP contribution in [0.5, 0.6) is 0 Å². The number of rotatable bonds is 3. The van der Waals surface area contributed by atoms with Gasteiger partial charge in [-0.15, -0.1) is 0 Å². The number of halogens is 1. The predicted octanol–water partition coefficient (Wildman–Crippen LogP) is 2.21. The highest BCUT2D eigenvalue weighted by Gasteiger charge is 2.40. The van der Waals surface area contributed by atoms with Gasteiger partial charge >= 0.3 is 5.97 Å². The van der Waals surface area contributed by atoms with E-state index in [2.05, 4.69) is 4.74 Å². The molecule has 0 radical (unpaired) electrons. The van der Waals surface area contributed by atoms with E-state index in [0.717, 1.165) is 18.4 Å². The van der Waals surface area contributed by atoms with Crippen molar-refractivity contribution in [1.82, 2.24) is 4.90 Å². The second kappa shape index (κ2) is 6.66. The molecular formula is C17H20FNO4. The molecule has 1 aromatic rings. The number of methoxy groups -OCH3 is 1. The Morgan fingerprint density at radius 1 is 1.26 bits per heavy atom. The van der Waals surface area contributed by atoms with Crippen molar-refractivity contribution in [3.05, 3.63) is 35.6 Å². The molecule has 1 aromatic carbocycles. The summed E-state index contributed by atoms with van der Waals surface area (Å²) in [7, 11) is 1.31. The van der Waals surface area contributed by atoms with E-state index in [1.807, 2.05) is 6.07 Å². The topological polar surface area (TPSA) is 55.8 Å². The maximum Gasteiger partial charge on any atom is 0.335 e. The first-order valence-electron chi connectivity index (χ1n) is 7.89. The summed E-state index contributed by atoms with van der Waals surface area (Å²) in [6, 6.07) is 6.24. The fourth-order valence-corrected chi connectivity index (χ4v) is 3.40. The van der Waals surface area contributed by atoms with Crippen LogP contribution in [-0.2, 0) is 19.1 Å². The Hall–Kier alpha value is -1.95. The third-order valence-corrected chi connectivity index (χ3v) is 4.53. The Morgan fingerprint density at radius 3 is 2.78 bits per heavy atom. The van der Waals surface area contributed by atoms with Crippen molar-refractivity contribution >= 4 is 11.9 Å². The molecule has 2 heterocycles. The molecular weight excluding hydrogens is 301 g/mol. The zero-order chi connectivity index (χ0) is 16.4. The third kappa shape index (κ3) is 3.22. The Balaban J connectivity index is 1.70. The first-order valence-corrected chi connectivity index (χ1v) is 7.89. The van der Waals surface area contributed by atoms with Gasteiger partial charge in [-0.2, -0.15) is 0 Å². The Labute approximate surface area is 134 Å². The lowest BCUT2D eigenvalue weighted by molar-refractivity contribution is -0.157. The molecule has 0 bridgehead atoms. The zero-order valence-corrected chi connectivity index (χ0v) is 13.0. The minimum atomic E-state index is -0.663. The molecule has 1 amide bonds. The minimum absolute atomic E-state index is 0.122. The summed E-state index contributed by atoms with van der Waals surface area (Å²) in [4.78, 5) is 26.0. The molecule has 2 fully saturated rings. The van der Waals surface area contributed by atoms with E-state index in [1.165, 1.54) is 19.2 Å². The van der Waals surface area contributed by atoms with Crippen LogP contribution in [0.25, 0.3) is 0 Å². The zero-order valence-electron chi connectivity index (χ0n) is 13.0. The van der Waals surface area contributed by atoms with E-state index >= 15 is 0 Å². The standard InChI is InChI=1S/C17H20FNO4/c1-22-17(21)15-8-7-14(23-15)16(20)19-9-3-6-13(19)11-4-2-5-12(18)10-11/h2,4-5,10,13-15H,3,6-9H2,1H3. The predicted molar refractivity (Wildman–Crippen MR) is 80.0 cm³/mol. The lowest BCUT2D eigenvalue weighted by Crippen LogP contribution is -2.39. The average molecular weight is 321 g/mol. The number of ether oxygens (including phenoxy) is 2. The SMILES string of the molecule is COC(=O)C1CCC(C(=O)N2CCCC2c2cccc(F)c2)O1. The highest BCUT2D eigenvalue weighted by Crippen LogP contribution is 2.34. The lowest BCUT2D eigenvalue weighted by atomic mass is 10.0. The molecule has 0 saturated carbocycles. The van der Waals surface area contributed by atoms with Gasteiger partial charge in [0.25, 0.3) is 5.91 Å². The first-order chi connectivity index (χ1) is 11.1. The van der Waals surface area contributed by atoms with E-state index in [9.17, 15) is 14.0 Å². The second-order valence-corrected chi connectivity index (χ2v) is 5.96. The fourth-order valence-electron chi connectivity index (χ4n) is 3.40. The number of esters is 1. The number of nitrogens with zero attached hydrogens (tertiary/aromatic N) is 1. The van der Waals surface area contributed by atoms with Gasteiger partial charge in [-0.1, -0.05) is 12.1 Å². The second-order valence-electron chi connectivity index (χ2n) is 5.96. The summed E-state index contributed by atoms with van der Waals surface area (Å²) in [5.41, 5.74) is 0.804. The number of hydrogen-bond acceptors (Lipinski definition) is 4. The summed E-state index contributed by atoms with van der Waals surface area (Å²) < 4.78 is 23.7. The van der Waals surface area contributed by atoms with Crippen molar-refractivity contribution in [2.45, 2.75) is 43.9 Å². The van der Waals surface area contributed by atoms with Gasteiger partial charge in [0.15, 0.2) is 6.10 Å². The van der Waals surface area contributed by atoms with Gasteiger partial charge in [-0.05, 0) is 43.4 Å². The van der Waals surface area contributed by atoms with Gasteiger partial charge in [-0.3, -0.25) is 4.79 Å². The van der Waals surface area contributed by atoms with Gasteiger partial charge in [0, 0.05) is 6.54 Å². The van der Waals surface area contributed by atoms with Crippen molar-refractivity contribution in [2.75, 3.05) is 13.7 Å². The van der Waals surface area contributed by atoms with E-state index in [0.29, 0.717) is 19.4 Å². The molecule has 3 rings (SSSR count). The quantitative estimate of drug-likeness (QED) is 0.801. The number of benzene rings is 1. The minimum Gasteiger partial charge on any atom is -0.467 e. The van der Waals surface area contributed by atoms with Crippen LogP contribution in [0.15, 0.2) is 24.3 Å². The summed E-state index contributed by atoms with van der Waals surface area (Å²) in [5, 5.41) is 0. The van der Waals surface area contributed by atoms with Crippen LogP contribution in [0.1, 0.15) is 37.3 Å². The summed E-state index contributed by atoms with van der Waals surface area (Å²) in [5.74, 6) is -0.865. The molecule has 0 aromatic heterocycles. The Kier molecular flexibility index (Phi) is 4.61. The maximum atomic E-state index is 13.4. The van der Waals surface area contributed by atoms with Crippen LogP contribution < -0.4 is 0 Å². The van der Waals surface area contributed by atoms with Crippen LogP contribution in [-0.4, -0.2) is 42.6 Å². The van der Waals surface area contributed by atoms with Gasteiger partial charge in [0.05, 0.1) is 13.2 Å². The Bertz CT molecular complexity index is 606. The summed E-state index contributed by atoms with van der Waals surface area (Å²) >= 11 is 0. The first kappa shape index (κ1) is 15.9. The molecule has 2 aliphatic heterocycles. The highest BCUT2D eigenvalue weighted by molar-refractivity contribution is 5.83. The highest BCUT2D eigenvalue weighted by atomic mass is 19.1. The summed E-state index contributed by atoms with van der Waals surface area (Å²) in [6.07, 6.45) is 1.40.